The Kier molecular flexibility index (Phi) is 5.38. The van der Waals surface area contributed by atoms with Crippen LogP contribution in [0, 0.1) is 6.92 Å². The number of amides is 1. The number of carbonyl (C=O) groups is 1. The Bertz CT molecular complexity index is 687. The molecule has 0 saturated heterocycles. The molecular weight excluding hydrogens is 302 g/mol. The molecule has 0 unspecified atom stereocenters. The highest BCUT2D eigenvalue weighted by Crippen LogP contribution is 2.22. The average molecular weight is 318 g/mol. The van der Waals surface area contributed by atoms with Gasteiger partial charge in [-0.1, -0.05) is 53.2 Å². The minimum absolute atomic E-state index is 0.210. The third-order valence-electron chi connectivity index (χ3n) is 2.83. The van der Waals surface area contributed by atoms with Gasteiger partial charge in [-0.15, -0.1) is 0 Å². The van der Waals surface area contributed by atoms with Gasteiger partial charge in [0, 0.05) is 5.56 Å². The first-order valence-corrected chi connectivity index (χ1v) is 7.01. The molecule has 3 N–H and O–H groups in total. The van der Waals surface area contributed by atoms with Crippen molar-refractivity contribution in [3.63, 3.8) is 0 Å². The van der Waals surface area contributed by atoms with Crippen LogP contribution < -0.4 is 11.1 Å². The highest BCUT2D eigenvalue weighted by molar-refractivity contribution is 6.33. The smallest absolute Gasteiger partial charge is 0.265 e. The molecule has 0 bridgehead atoms. The molecule has 0 atom stereocenters. The van der Waals surface area contributed by atoms with E-state index >= 15 is 0 Å². The number of anilines is 1. The second-order valence-electron chi connectivity index (χ2n) is 4.65. The molecule has 2 aromatic carbocycles. The quantitative estimate of drug-likeness (QED) is 0.505. The molecule has 0 spiro atoms. The Balaban J connectivity index is 1.88. The van der Waals surface area contributed by atoms with Crippen molar-refractivity contribution in [1.29, 1.82) is 0 Å². The number of nitrogens with two attached hydrogens (primary N) is 1. The third kappa shape index (κ3) is 4.49. The molecule has 6 heteroatoms. The van der Waals surface area contributed by atoms with Crippen molar-refractivity contribution < 1.29 is 9.63 Å². The molecular formula is C16H16ClN3O2. The number of oxime groups is 1. The number of amidine groups is 1. The number of halogens is 1. The summed E-state index contributed by atoms with van der Waals surface area (Å²) in [4.78, 5) is 16.7. The normalized spacial score (nSPS) is 11.1. The lowest BCUT2D eigenvalue weighted by Crippen LogP contribution is -2.19. The summed E-state index contributed by atoms with van der Waals surface area (Å²) in [5, 5.41) is 6.83. The molecule has 0 aliphatic carbocycles. The lowest BCUT2D eigenvalue weighted by atomic mass is 10.2. The van der Waals surface area contributed by atoms with Gasteiger partial charge in [0.25, 0.3) is 5.91 Å². The van der Waals surface area contributed by atoms with E-state index in [1.165, 1.54) is 0 Å². The van der Waals surface area contributed by atoms with Crippen LogP contribution in [0.15, 0.2) is 53.7 Å². The summed E-state index contributed by atoms with van der Waals surface area (Å²) < 4.78 is 0. The van der Waals surface area contributed by atoms with Crippen LogP contribution in [0.2, 0.25) is 5.02 Å². The van der Waals surface area contributed by atoms with Crippen molar-refractivity contribution in [2.75, 3.05) is 11.9 Å². The molecule has 22 heavy (non-hydrogen) atoms. The van der Waals surface area contributed by atoms with Crippen molar-refractivity contribution >= 4 is 29.0 Å². The van der Waals surface area contributed by atoms with Gasteiger partial charge >= 0.3 is 0 Å². The van der Waals surface area contributed by atoms with Crippen molar-refractivity contribution in [3.8, 4) is 0 Å². The molecule has 0 aliphatic heterocycles. The summed E-state index contributed by atoms with van der Waals surface area (Å²) in [6.07, 6.45) is 0. The Morgan fingerprint density at radius 1 is 1.27 bits per heavy atom. The Morgan fingerprint density at radius 3 is 2.68 bits per heavy atom. The molecule has 0 radical (unpaired) electrons. The molecule has 5 nitrogen and oxygen atoms in total. The number of nitrogens with one attached hydrogen (secondary N) is 1. The van der Waals surface area contributed by atoms with E-state index < -0.39 is 0 Å². The molecule has 0 fully saturated rings. The minimum atomic E-state index is -0.365. The summed E-state index contributed by atoms with van der Waals surface area (Å²) in [5.74, 6) is -0.155. The molecule has 1 amide bonds. The van der Waals surface area contributed by atoms with E-state index in [1.54, 1.807) is 24.3 Å². The summed E-state index contributed by atoms with van der Waals surface area (Å²) >= 11 is 6.04. The van der Waals surface area contributed by atoms with Gasteiger partial charge in [0.15, 0.2) is 12.4 Å². The summed E-state index contributed by atoms with van der Waals surface area (Å²) in [6, 6.07) is 14.5. The van der Waals surface area contributed by atoms with Crippen molar-refractivity contribution in [2.24, 2.45) is 10.9 Å². The van der Waals surface area contributed by atoms with Gasteiger partial charge in [-0.25, -0.2) is 0 Å². The zero-order chi connectivity index (χ0) is 15.9. The largest absolute Gasteiger partial charge is 0.384 e. The van der Waals surface area contributed by atoms with Gasteiger partial charge in [0.05, 0.1) is 10.7 Å². The van der Waals surface area contributed by atoms with E-state index in [0.717, 1.165) is 11.1 Å². The fourth-order valence-electron chi connectivity index (χ4n) is 1.73. The van der Waals surface area contributed by atoms with Crippen LogP contribution in [0.25, 0.3) is 0 Å². The fourth-order valence-corrected chi connectivity index (χ4v) is 2.01. The van der Waals surface area contributed by atoms with E-state index in [0.29, 0.717) is 10.7 Å². The number of benzene rings is 2. The first kappa shape index (κ1) is 15.9. The highest BCUT2D eigenvalue weighted by atomic mass is 35.5. The van der Waals surface area contributed by atoms with Crippen LogP contribution in [0.1, 0.15) is 11.1 Å². The highest BCUT2D eigenvalue weighted by Gasteiger charge is 2.07. The Labute approximate surface area is 133 Å². The van der Waals surface area contributed by atoms with Crippen LogP contribution in [-0.2, 0) is 9.63 Å². The van der Waals surface area contributed by atoms with E-state index in [9.17, 15) is 4.79 Å². The van der Waals surface area contributed by atoms with Gasteiger partial charge < -0.3 is 15.9 Å². The van der Waals surface area contributed by atoms with Crippen molar-refractivity contribution in [1.82, 2.24) is 0 Å². The number of hydrogen-bond acceptors (Lipinski definition) is 3. The van der Waals surface area contributed by atoms with Crippen LogP contribution >= 0.6 is 11.6 Å². The van der Waals surface area contributed by atoms with Gasteiger partial charge in [0.1, 0.15) is 0 Å². The second kappa shape index (κ2) is 7.47. The standard InChI is InChI=1S/C16H16ClN3O2/c1-11-7-8-14(13(17)9-11)19-15(21)10-22-20-16(18)12-5-3-2-4-6-12/h2-9H,10H2,1H3,(H2,18,20)(H,19,21). The number of hydrogen-bond donors (Lipinski definition) is 2. The SMILES string of the molecule is Cc1ccc(NC(=O)CO/N=C(/N)c2ccccc2)c(Cl)c1. The summed E-state index contributed by atoms with van der Waals surface area (Å²) in [6.45, 7) is 1.67. The van der Waals surface area contributed by atoms with E-state index in [-0.39, 0.29) is 18.3 Å². The van der Waals surface area contributed by atoms with Crippen LogP contribution in [0.4, 0.5) is 5.69 Å². The second-order valence-corrected chi connectivity index (χ2v) is 5.05. The van der Waals surface area contributed by atoms with Gasteiger partial charge in [-0.3, -0.25) is 4.79 Å². The molecule has 2 rings (SSSR count). The third-order valence-corrected chi connectivity index (χ3v) is 3.14. The molecule has 114 valence electrons. The van der Waals surface area contributed by atoms with E-state index in [4.69, 9.17) is 22.2 Å². The maximum absolute atomic E-state index is 11.8. The Morgan fingerprint density at radius 2 is 2.00 bits per heavy atom. The average Bonchev–Trinajstić information content (AvgIpc) is 2.51. The fraction of sp³-hybridized carbons (Fsp3) is 0.125. The van der Waals surface area contributed by atoms with E-state index in [1.807, 2.05) is 31.2 Å². The predicted molar refractivity (Wildman–Crippen MR) is 87.9 cm³/mol. The topological polar surface area (TPSA) is 76.7 Å². The minimum Gasteiger partial charge on any atom is -0.384 e. The molecule has 2 aromatic rings. The number of aryl methyl sites for hydroxylation is 1. The van der Waals surface area contributed by atoms with Crippen LogP contribution in [0.3, 0.4) is 0 Å². The van der Waals surface area contributed by atoms with Gasteiger partial charge in [-0.2, -0.15) is 0 Å². The van der Waals surface area contributed by atoms with Gasteiger partial charge in [-0.05, 0) is 24.6 Å². The maximum Gasteiger partial charge on any atom is 0.265 e. The zero-order valence-electron chi connectivity index (χ0n) is 12.0. The first-order chi connectivity index (χ1) is 10.6. The van der Waals surface area contributed by atoms with Gasteiger partial charge in [0.2, 0.25) is 0 Å². The summed E-state index contributed by atoms with van der Waals surface area (Å²) in [7, 11) is 0. The number of rotatable bonds is 5. The van der Waals surface area contributed by atoms with Crippen LogP contribution in [-0.4, -0.2) is 18.3 Å². The van der Waals surface area contributed by atoms with Crippen LogP contribution in [0.5, 0.6) is 0 Å². The number of carbonyl (C=O) groups excluding carboxylic acids is 1. The van der Waals surface area contributed by atoms with E-state index in [2.05, 4.69) is 10.5 Å². The number of nitrogens with zero attached hydrogens (tertiary/aromatic N) is 1. The zero-order valence-corrected chi connectivity index (χ0v) is 12.8. The molecule has 0 aromatic heterocycles. The summed E-state index contributed by atoms with van der Waals surface area (Å²) in [5.41, 5.74) is 8.02. The monoisotopic (exact) mass is 317 g/mol. The molecule has 0 aliphatic rings. The van der Waals surface area contributed by atoms with Crippen molar-refractivity contribution in [2.45, 2.75) is 6.92 Å². The Hall–Kier alpha value is -2.53. The first-order valence-electron chi connectivity index (χ1n) is 6.63. The maximum atomic E-state index is 11.8. The molecule has 0 heterocycles. The lowest BCUT2D eigenvalue weighted by molar-refractivity contribution is -0.120. The lowest BCUT2D eigenvalue weighted by Gasteiger charge is -2.07. The molecule has 0 saturated carbocycles. The predicted octanol–water partition coefficient (Wildman–Crippen LogP) is 2.92. The van der Waals surface area contributed by atoms with Crippen molar-refractivity contribution in [3.05, 3.63) is 64.7 Å².